The van der Waals surface area contributed by atoms with E-state index in [4.69, 9.17) is 9.84 Å². The average Bonchev–Trinajstić information content (AvgIpc) is 2.99. The van der Waals surface area contributed by atoms with Gasteiger partial charge in [-0.3, -0.25) is 9.59 Å². The van der Waals surface area contributed by atoms with Gasteiger partial charge in [-0.25, -0.2) is 0 Å². The molecule has 4 nitrogen and oxygen atoms in total. The number of ether oxygens (including phenoxy) is 1. The molecule has 0 aromatic carbocycles. The average molecular weight is 605 g/mol. The van der Waals surface area contributed by atoms with Crippen LogP contribution in [-0.4, -0.2) is 23.1 Å². The number of rotatable bonds is 34. The van der Waals surface area contributed by atoms with E-state index in [1.165, 1.54) is 116 Å². The van der Waals surface area contributed by atoms with Crippen molar-refractivity contribution in [1.82, 2.24) is 0 Å². The quantitative estimate of drug-likeness (QED) is 0.0451. The van der Waals surface area contributed by atoms with Crippen LogP contribution in [0.1, 0.15) is 206 Å². The molecule has 0 amide bonds. The minimum Gasteiger partial charge on any atom is -0.481 e. The lowest BCUT2D eigenvalue weighted by atomic mass is 10.0. The largest absolute Gasteiger partial charge is 0.481 e. The zero-order valence-corrected chi connectivity index (χ0v) is 28.8. The highest BCUT2D eigenvalue weighted by molar-refractivity contribution is 5.69. The maximum Gasteiger partial charge on any atom is 0.306 e. The molecule has 1 atom stereocenters. The Morgan fingerprint density at radius 3 is 1.37 bits per heavy atom. The molecule has 0 rings (SSSR count). The second kappa shape index (κ2) is 34.9. The van der Waals surface area contributed by atoms with Gasteiger partial charge in [0.1, 0.15) is 6.10 Å². The van der Waals surface area contributed by atoms with Crippen molar-refractivity contribution in [1.29, 1.82) is 0 Å². The first kappa shape index (κ1) is 41.4. The van der Waals surface area contributed by atoms with Crippen molar-refractivity contribution in [3.63, 3.8) is 0 Å². The minimum atomic E-state index is -0.713. The third-order valence-electron chi connectivity index (χ3n) is 8.43. The molecule has 43 heavy (non-hydrogen) atoms. The molecule has 0 fully saturated rings. The summed E-state index contributed by atoms with van der Waals surface area (Å²) >= 11 is 0. The van der Waals surface area contributed by atoms with Crippen molar-refractivity contribution < 1.29 is 19.4 Å². The highest BCUT2D eigenvalue weighted by Gasteiger charge is 2.14. The van der Waals surface area contributed by atoms with Gasteiger partial charge in [-0.2, -0.15) is 0 Å². The smallest absolute Gasteiger partial charge is 0.306 e. The lowest BCUT2D eigenvalue weighted by molar-refractivity contribution is -0.150. The second-order valence-electron chi connectivity index (χ2n) is 12.8. The number of allylic oxidation sites excluding steroid dienone is 4. The molecular weight excluding hydrogens is 532 g/mol. The number of hydrogen-bond acceptors (Lipinski definition) is 3. The van der Waals surface area contributed by atoms with E-state index >= 15 is 0 Å². The normalized spacial score (nSPS) is 12.4. The fourth-order valence-electron chi connectivity index (χ4n) is 5.63. The lowest BCUT2D eigenvalue weighted by Crippen LogP contribution is -2.18. The minimum absolute atomic E-state index is 0.0210. The molecule has 4 heteroatoms. The van der Waals surface area contributed by atoms with Crippen molar-refractivity contribution in [2.45, 2.75) is 213 Å². The number of carboxylic acid groups (broad SMARTS) is 1. The fraction of sp³-hybridized carbons (Fsp3) is 0.846. The van der Waals surface area contributed by atoms with Crippen molar-refractivity contribution in [2.24, 2.45) is 0 Å². The predicted octanol–water partition coefficient (Wildman–Crippen LogP) is 12.8. The number of unbranched alkanes of at least 4 members (excludes halogenated alkanes) is 21. The molecule has 252 valence electrons. The van der Waals surface area contributed by atoms with Crippen LogP contribution in [0.5, 0.6) is 0 Å². The summed E-state index contributed by atoms with van der Waals surface area (Å²) in [7, 11) is 0. The van der Waals surface area contributed by atoms with Gasteiger partial charge in [0.05, 0.1) is 0 Å². The Bertz CT molecular complexity index is 654. The summed E-state index contributed by atoms with van der Waals surface area (Å²) in [6, 6.07) is 0. The first-order valence-electron chi connectivity index (χ1n) is 18.8. The molecule has 0 heterocycles. The van der Waals surface area contributed by atoms with Crippen molar-refractivity contribution in [3.8, 4) is 0 Å². The maximum absolute atomic E-state index is 12.5. The van der Waals surface area contributed by atoms with Crippen LogP contribution in [0.2, 0.25) is 0 Å². The van der Waals surface area contributed by atoms with Crippen LogP contribution < -0.4 is 0 Å². The zero-order chi connectivity index (χ0) is 31.5. The number of hydrogen-bond donors (Lipinski definition) is 1. The second-order valence-corrected chi connectivity index (χ2v) is 12.8. The van der Waals surface area contributed by atoms with Gasteiger partial charge in [-0.05, 0) is 70.6 Å². The molecule has 0 radical (unpaired) electrons. The van der Waals surface area contributed by atoms with Gasteiger partial charge in [0.15, 0.2) is 0 Å². The number of aliphatic carboxylic acids is 1. The van der Waals surface area contributed by atoms with E-state index < -0.39 is 5.97 Å². The van der Waals surface area contributed by atoms with E-state index in [0.717, 1.165) is 64.2 Å². The van der Waals surface area contributed by atoms with E-state index in [1.54, 1.807) is 0 Å². The summed E-state index contributed by atoms with van der Waals surface area (Å²) in [5.41, 5.74) is 0. The van der Waals surface area contributed by atoms with Crippen LogP contribution in [0.15, 0.2) is 24.3 Å². The van der Waals surface area contributed by atoms with Gasteiger partial charge in [-0.1, -0.05) is 147 Å². The summed E-state index contributed by atoms with van der Waals surface area (Å²) in [5, 5.41) is 8.79. The molecule has 1 unspecified atom stereocenters. The molecule has 1 N–H and O–H groups in total. The van der Waals surface area contributed by atoms with Gasteiger partial charge >= 0.3 is 11.9 Å². The van der Waals surface area contributed by atoms with Gasteiger partial charge in [0.25, 0.3) is 0 Å². The Kier molecular flexibility index (Phi) is 33.6. The third kappa shape index (κ3) is 34.8. The first-order chi connectivity index (χ1) is 21.1. The Balaban J connectivity index is 3.73. The summed E-state index contributed by atoms with van der Waals surface area (Å²) < 4.78 is 5.90. The number of esters is 1. The molecular formula is C39H72O4. The van der Waals surface area contributed by atoms with E-state index in [2.05, 4.69) is 38.2 Å². The SMILES string of the molecule is CCCCCCC/C=C\C/C=C\CCCCCCCCCCCC(=O)OC(CCCCCCC)CCCCCCC(=O)O. The van der Waals surface area contributed by atoms with Gasteiger partial charge in [0.2, 0.25) is 0 Å². The molecule has 0 saturated heterocycles. The first-order valence-corrected chi connectivity index (χ1v) is 18.8. The van der Waals surface area contributed by atoms with Gasteiger partial charge in [-0.15, -0.1) is 0 Å². The van der Waals surface area contributed by atoms with E-state index in [1.807, 2.05) is 0 Å². The van der Waals surface area contributed by atoms with E-state index in [0.29, 0.717) is 6.42 Å². The molecule has 0 bridgehead atoms. The standard InChI is InChI=1S/C39H72O4/c1-3-5-7-9-10-11-12-13-14-15-16-17-18-19-20-21-22-23-24-26-32-36-39(42)43-37(33-29-25-8-6-4-2)34-30-27-28-31-35-38(40)41/h12-13,15-16,37H,3-11,14,17-36H2,1-2H3,(H,40,41)/b13-12-,16-15-. The van der Waals surface area contributed by atoms with Crippen LogP contribution in [0, 0.1) is 0 Å². The molecule has 0 aliphatic heterocycles. The summed E-state index contributed by atoms with van der Waals surface area (Å²) in [6.45, 7) is 4.50. The van der Waals surface area contributed by atoms with Crippen LogP contribution in [-0.2, 0) is 14.3 Å². The van der Waals surface area contributed by atoms with Gasteiger partial charge in [0, 0.05) is 12.8 Å². The monoisotopic (exact) mass is 605 g/mol. The molecule has 0 spiro atoms. The molecule has 0 aromatic rings. The Hall–Kier alpha value is -1.58. The van der Waals surface area contributed by atoms with Gasteiger partial charge < -0.3 is 9.84 Å². The molecule has 0 aromatic heterocycles. The van der Waals surface area contributed by atoms with Crippen LogP contribution in [0.25, 0.3) is 0 Å². The summed E-state index contributed by atoms with van der Waals surface area (Å²) in [5.74, 6) is -0.734. The molecule has 0 saturated carbocycles. The Morgan fingerprint density at radius 2 is 0.907 bits per heavy atom. The Labute approximate surface area is 267 Å². The molecule has 0 aliphatic carbocycles. The van der Waals surface area contributed by atoms with Crippen molar-refractivity contribution in [3.05, 3.63) is 24.3 Å². The zero-order valence-electron chi connectivity index (χ0n) is 28.8. The fourth-order valence-corrected chi connectivity index (χ4v) is 5.63. The highest BCUT2D eigenvalue weighted by atomic mass is 16.5. The predicted molar refractivity (Wildman–Crippen MR) is 186 cm³/mol. The highest BCUT2D eigenvalue weighted by Crippen LogP contribution is 2.18. The topological polar surface area (TPSA) is 63.6 Å². The number of carbonyl (C=O) groups is 2. The van der Waals surface area contributed by atoms with Crippen LogP contribution >= 0.6 is 0 Å². The third-order valence-corrected chi connectivity index (χ3v) is 8.43. The van der Waals surface area contributed by atoms with E-state index in [-0.39, 0.29) is 18.5 Å². The number of carboxylic acids is 1. The summed E-state index contributed by atoms with van der Waals surface area (Å²) in [4.78, 5) is 23.2. The molecule has 0 aliphatic rings. The maximum atomic E-state index is 12.5. The lowest BCUT2D eigenvalue weighted by Gasteiger charge is -2.18. The van der Waals surface area contributed by atoms with Crippen LogP contribution in [0.3, 0.4) is 0 Å². The van der Waals surface area contributed by atoms with Crippen LogP contribution in [0.4, 0.5) is 0 Å². The number of carbonyl (C=O) groups excluding carboxylic acids is 1. The summed E-state index contributed by atoms with van der Waals surface area (Å²) in [6.07, 6.45) is 43.5. The van der Waals surface area contributed by atoms with Crippen molar-refractivity contribution >= 4 is 11.9 Å². The van der Waals surface area contributed by atoms with E-state index in [9.17, 15) is 9.59 Å². The Morgan fingerprint density at radius 1 is 0.512 bits per heavy atom. The van der Waals surface area contributed by atoms with Crippen molar-refractivity contribution in [2.75, 3.05) is 0 Å².